The summed E-state index contributed by atoms with van der Waals surface area (Å²) in [5.41, 5.74) is 2.98. The third-order valence-corrected chi connectivity index (χ3v) is 3.29. The Morgan fingerprint density at radius 3 is 2.95 bits per heavy atom. The van der Waals surface area contributed by atoms with E-state index in [1.807, 2.05) is 43.3 Å². The molecule has 2 heterocycles. The maximum atomic E-state index is 12.3. The van der Waals surface area contributed by atoms with Crippen molar-refractivity contribution in [3.8, 4) is 0 Å². The lowest BCUT2D eigenvalue weighted by Crippen LogP contribution is -2.23. The molecule has 96 valence electrons. The Kier molecular flexibility index (Phi) is 2.91. The monoisotopic (exact) mass is 253 g/mol. The molecule has 1 aromatic carbocycles. The Labute approximate surface area is 111 Å². The summed E-state index contributed by atoms with van der Waals surface area (Å²) in [6.07, 6.45) is 0. The van der Waals surface area contributed by atoms with E-state index in [1.165, 1.54) is 0 Å². The highest BCUT2D eigenvalue weighted by molar-refractivity contribution is 5.97. The lowest BCUT2D eigenvalue weighted by molar-refractivity contribution is -0.117. The number of carbonyl (C=O) groups excluding carboxylic acids is 1. The molecular formula is C15H15N3O. The van der Waals surface area contributed by atoms with Gasteiger partial charge in [-0.05, 0) is 30.7 Å². The summed E-state index contributed by atoms with van der Waals surface area (Å²) in [5.74, 6) is 0.434. The van der Waals surface area contributed by atoms with Gasteiger partial charge in [0.2, 0.25) is 5.91 Å². The van der Waals surface area contributed by atoms with E-state index in [0.717, 1.165) is 16.9 Å². The van der Waals surface area contributed by atoms with Gasteiger partial charge in [-0.3, -0.25) is 4.79 Å². The predicted octanol–water partition coefficient (Wildman–Crippen LogP) is 2.54. The largest absolute Gasteiger partial charge is 0.384 e. The van der Waals surface area contributed by atoms with Gasteiger partial charge in [0.25, 0.3) is 0 Å². The molecule has 1 unspecified atom stereocenters. The second kappa shape index (κ2) is 4.72. The maximum Gasteiger partial charge on any atom is 0.234 e. The van der Waals surface area contributed by atoms with Crippen LogP contribution in [0.25, 0.3) is 0 Å². The topological polar surface area (TPSA) is 54.0 Å². The Bertz CT molecular complexity index is 624. The van der Waals surface area contributed by atoms with Crippen LogP contribution in [0, 0.1) is 6.92 Å². The second-order valence-electron chi connectivity index (χ2n) is 4.67. The van der Waals surface area contributed by atoms with Crippen molar-refractivity contribution >= 4 is 17.4 Å². The summed E-state index contributed by atoms with van der Waals surface area (Å²) in [6.45, 7) is 2.54. The third-order valence-electron chi connectivity index (χ3n) is 3.29. The van der Waals surface area contributed by atoms with Crippen LogP contribution in [0.1, 0.15) is 17.2 Å². The van der Waals surface area contributed by atoms with Crippen LogP contribution < -0.4 is 10.6 Å². The molecule has 0 aliphatic carbocycles. The van der Waals surface area contributed by atoms with Gasteiger partial charge in [0, 0.05) is 17.9 Å². The van der Waals surface area contributed by atoms with E-state index in [1.54, 1.807) is 6.07 Å². The number of hydrogen-bond acceptors (Lipinski definition) is 3. The van der Waals surface area contributed by atoms with Crippen molar-refractivity contribution < 1.29 is 4.79 Å². The zero-order valence-electron chi connectivity index (χ0n) is 10.7. The number of para-hydroxylation sites is 1. The first-order valence-corrected chi connectivity index (χ1v) is 6.31. The van der Waals surface area contributed by atoms with Gasteiger partial charge in [0.1, 0.15) is 5.82 Å². The molecule has 1 aliphatic heterocycles. The van der Waals surface area contributed by atoms with Crippen LogP contribution in [0.15, 0.2) is 42.5 Å². The number of pyridine rings is 1. The van der Waals surface area contributed by atoms with Crippen LogP contribution in [-0.4, -0.2) is 17.4 Å². The quantitative estimate of drug-likeness (QED) is 0.864. The van der Waals surface area contributed by atoms with Crippen molar-refractivity contribution in [2.75, 3.05) is 17.2 Å². The van der Waals surface area contributed by atoms with E-state index in [-0.39, 0.29) is 11.8 Å². The number of amides is 1. The molecule has 0 saturated carbocycles. The summed E-state index contributed by atoms with van der Waals surface area (Å²) in [4.78, 5) is 16.6. The summed E-state index contributed by atoms with van der Waals surface area (Å²) in [6, 6.07) is 13.5. The Morgan fingerprint density at radius 1 is 1.26 bits per heavy atom. The van der Waals surface area contributed by atoms with Gasteiger partial charge in [-0.15, -0.1) is 0 Å². The molecule has 0 bridgehead atoms. The number of hydrogen-bond donors (Lipinski definition) is 2. The number of aryl methyl sites for hydroxylation is 1. The number of carbonyl (C=O) groups is 1. The molecule has 4 nitrogen and oxygen atoms in total. The van der Waals surface area contributed by atoms with Crippen LogP contribution in [-0.2, 0) is 4.79 Å². The molecule has 1 aliphatic rings. The van der Waals surface area contributed by atoms with Gasteiger partial charge >= 0.3 is 0 Å². The highest BCUT2D eigenvalue weighted by atomic mass is 16.2. The summed E-state index contributed by atoms with van der Waals surface area (Å²) in [7, 11) is 0. The molecule has 0 spiro atoms. The van der Waals surface area contributed by atoms with Gasteiger partial charge < -0.3 is 10.6 Å². The van der Waals surface area contributed by atoms with Crippen LogP contribution in [0.4, 0.5) is 11.5 Å². The van der Waals surface area contributed by atoms with Crippen molar-refractivity contribution in [2.45, 2.75) is 12.8 Å². The highest BCUT2D eigenvalue weighted by Crippen LogP contribution is 2.31. The molecule has 1 atom stereocenters. The first-order chi connectivity index (χ1) is 9.24. The summed E-state index contributed by atoms with van der Waals surface area (Å²) < 4.78 is 0. The number of aromatic nitrogens is 1. The van der Waals surface area contributed by atoms with Crippen LogP contribution in [0.5, 0.6) is 0 Å². The van der Waals surface area contributed by atoms with Crippen molar-refractivity contribution in [1.82, 2.24) is 4.98 Å². The molecule has 2 aromatic rings. The minimum absolute atomic E-state index is 0.0180. The number of rotatable bonds is 2. The molecule has 4 heteroatoms. The number of fused-ring (bicyclic) bond motifs is 1. The minimum Gasteiger partial charge on any atom is -0.384 e. The summed E-state index contributed by atoms with van der Waals surface area (Å²) >= 11 is 0. The molecule has 2 N–H and O–H groups in total. The zero-order valence-corrected chi connectivity index (χ0v) is 10.7. The van der Waals surface area contributed by atoms with Gasteiger partial charge in [-0.25, -0.2) is 4.98 Å². The van der Waals surface area contributed by atoms with Crippen molar-refractivity contribution in [1.29, 1.82) is 0 Å². The fourth-order valence-electron chi connectivity index (χ4n) is 2.34. The van der Waals surface area contributed by atoms with Gasteiger partial charge in [0.05, 0.1) is 5.92 Å². The van der Waals surface area contributed by atoms with E-state index in [4.69, 9.17) is 0 Å². The Balaban J connectivity index is 1.79. The molecule has 0 saturated heterocycles. The minimum atomic E-state index is -0.154. The Hall–Kier alpha value is -2.36. The second-order valence-corrected chi connectivity index (χ2v) is 4.67. The van der Waals surface area contributed by atoms with E-state index >= 15 is 0 Å². The van der Waals surface area contributed by atoms with Crippen LogP contribution in [0.3, 0.4) is 0 Å². The molecule has 1 aromatic heterocycles. The van der Waals surface area contributed by atoms with Crippen molar-refractivity contribution in [2.24, 2.45) is 0 Å². The standard InChI is InChI=1S/C15H15N3O/c1-10-5-4-8-14(17-10)18-15(19)12-9-16-13-7-3-2-6-11(12)13/h2-8,12,16H,9H2,1H3,(H,17,18,19). The fraction of sp³-hybridized carbons (Fsp3) is 0.200. The van der Waals surface area contributed by atoms with E-state index in [0.29, 0.717) is 12.4 Å². The van der Waals surface area contributed by atoms with Crippen molar-refractivity contribution in [3.05, 3.63) is 53.7 Å². The van der Waals surface area contributed by atoms with Crippen LogP contribution in [0.2, 0.25) is 0 Å². The smallest absolute Gasteiger partial charge is 0.234 e. The van der Waals surface area contributed by atoms with Crippen molar-refractivity contribution in [3.63, 3.8) is 0 Å². The van der Waals surface area contributed by atoms with E-state index in [2.05, 4.69) is 15.6 Å². The van der Waals surface area contributed by atoms with E-state index < -0.39 is 0 Å². The average Bonchev–Trinajstić information content (AvgIpc) is 2.82. The van der Waals surface area contributed by atoms with Gasteiger partial charge in [-0.2, -0.15) is 0 Å². The SMILES string of the molecule is Cc1cccc(NC(=O)C2CNc3ccccc32)n1. The van der Waals surface area contributed by atoms with E-state index in [9.17, 15) is 4.79 Å². The van der Waals surface area contributed by atoms with Gasteiger partial charge in [-0.1, -0.05) is 24.3 Å². The molecule has 1 amide bonds. The zero-order chi connectivity index (χ0) is 13.2. The lowest BCUT2D eigenvalue weighted by atomic mass is 10.0. The first-order valence-electron chi connectivity index (χ1n) is 6.31. The summed E-state index contributed by atoms with van der Waals surface area (Å²) in [5, 5.41) is 6.12. The van der Waals surface area contributed by atoms with Gasteiger partial charge in [0.15, 0.2) is 0 Å². The molecule has 3 rings (SSSR count). The number of benzene rings is 1. The molecule has 0 radical (unpaired) electrons. The van der Waals surface area contributed by atoms with Crippen LogP contribution >= 0.6 is 0 Å². The molecule has 19 heavy (non-hydrogen) atoms. The number of nitrogens with zero attached hydrogens (tertiary/aromatic N) is 1. The highest BCUT2D eigenvalue weighted by Gasteiger charge is 2.28. The molecule has 0 fully saturated rings. The first kappa shape index (κ1) is 11.7. The Morgan fingerprint density at radius 2 is 2.11 bits per heavy atom. The number of nitrogens with one attached hydrogen (secondary N) is 2. The third kappa shape index (κ3) is 2.29. The average molecular weight is 253 g/mol. The fourth-order valence-corrected chi connectivity index (χ4v) is 2.34. The lowest BCUT2D eigenvalue weighted by Gasteiger charge is -2.10. The molecular weight excluding hydrogens is 238 g/mol. The number of anilines is 2. The maximum absolute atomic E-state index is 12.3. The normalized spacial score (nSPS) is 16.6. The predicted molar refractivity (Wildman–Crippen MR) is 75.3 cm³/mol.